The monoisotopic (exact) mass is 335 g/mol. The molecule has 24 heavy (non-hydrogen) atoms. The summed E-state index contributed by atoms with van der Waals surface area (Å²) in [6.45, 7) is 0.0292. The van der Waals surface area contributed by atoms with Crippen LogP contribution in [-0.2, 0) is 11.2 Å². The molecule has 0 heterocycles. The molecule has 4 nitrogen and oxygen atoms in total. The van der Waals surface area contributed by atoms with Crippen LogP contribution in [0.5, 0.6) is 5.75 Å². The number of hydrogen-bond donors (Lipinski definition) is 2. The third kappa shape index (κ3) is 5.03. The lowest BCUT2D eigenvalue weighted by atomic mass is 10.1. The van der Waals surface area contributed by atoms with Gasteiger partial charge in [-0.1, -0.05) is 18.2 Å². The van der Waals surface area contributed by atoms with E-state index in [0.717, 1.165) is 0 Å². The Morgan fingerprint density at radius 2 is 1.92 bits per heavy atom. The van der Waals surface area contributed by atoms with Gasteiger partial charge >= 0.3 is 0 Å². The second-order valence-corrected chi connectivity index (χ2v) is 5.34. The van der Waals surface area contributed by atoms with Gasteiger partial charge in [-0.05, 0) is 41.8 Å². The number of hydrogen-bond acceptors (Lipinski definition) is 3. The zero-order chi connectivity index (χ0) is 17.5. The van der Waals surface area contributed by atoms with Crippen LogP contribution < -0.4 is 10.1 Å². The van der Waals surface area contributed by atoms with Crippen molar-refractivity contribution in [3.8, 4) is 5.75 Å². The van der Waals surface area contributed by atoms with Crippen LogP contribution in [-0.4, -0.2) is 24.7 Å². The summed E-state index contributed by atoms with van der Waals surface area (Å²) in [6, 6.07) is 9.97. The van der Waals surface area contributed by atoms with Gasteiger partial charge in [0, 0.05) is 13.0 Å². The molecule has 1 unspecified atom stereocenters. The standard InChI is InChI=1S/C18H19F2NO3/c1-24-17-8-2-12(10-15(17)20)3-9-18(23)21-11-16(22)13-4-6-14(19)7-5-13/h2,4-8,10,16,22H,3,9,11H2,1H3,(H,21,23). The molecule has 128 valence electrons. The molecule has 2 rings (SSSR count). The van der Waals surface area contributed by atoms with E-state index < -0.39 is 11.9 Å². The zero-order valence-corrected chi connectivity index (χ0v) is 13.3. The van der Waals surface area contributed by atoms with Crippen molar-refractivity contribution in [1.29, 1.82) is 0 Å². The topological polar surface area (TPSA) is 58.6 Å². The highest BCUT2D eigenvalue weighted by atomic mass is 19.1. The molecule has 0 fully saturated rings. The minimum Gasteiger partial charge on any atom is -0.494 e. The third-order valence-corrected chi connectivity index (χ3v) is 3.60. The Hall–Kier alpha value is -2.47. The molecule has 0 bridgehead atoms. The molecule has 2 N–H and O–H groups in total. The summed E-state index contributed by atoms with van der Waals surface area (Å²) in [7, 11) is 1.39. The Morgan fingerprint density at radius 1 is 1.21 bits per heavy atom. The number of aryl methyl sites for hydroxylation is 1. The molecule has 0 radical (unpaired) electrons. The van der Waals surface area contributed by atoms with Crippen molar-refractivity contribution < 1.29 is 23.4 Å². The molecular weight excluding hydrogens is 316 g/mol. The minimum absolute atomic E-state index is 0.0292. The van der Waals surface area contributed by atoms with Crippen molar-refractivity contribution in [2.45, 2.75) is 18.9 Å². The van der Waals surface area contributed by atoms with E-state index in [2.05, 4.69) is 5.32 Å². The molecule has 0 saturated carbocycles. The number of halogens is 2. The fourth-order valence-corrected chi connectivity index (χ4v) is 2.22. The Bertz CT molecular complexity index is 689. The largest absolute Gasteiger partial charge is 0.494 e. The first kappa shape index (κ1) is 17.9. The van der Waals surface area contributed by atoms with Crippen LogP contribution in [0.2, 0.25) is 0 Å². The molecule has 0 aliphatic carbocycles. The number of ether oxygens (including phenoxy) is 1. The first-order valence-electron chi connectivity index (χ1n) is 7.52. The molecule has 0 saturated heterocycles. The molecule has 0 aromatic heterocycles. The van der Waals surface area contributed by atoms with Crippen LogP contribution in [0.3, 0.4) is 0 Å². The van der Waals surface area contributed by atoms with Gasteiger partial charge in [0.1, 0.15) is 5.82 Å². The first-order valence-corrected chi connectivity index (χ1v) is 7.52. The Balaban J connectivity index is 1.79. The summed E-state index contributed by atoms with van der Waals surface area (Å²) >= 11 is 0. The van der Waals surface area contributed by atoms with E-state index in [1.54, 1.807) is 6.07 Å². The van der Waals surface area contributed by atoms with Gasteiger partial charge in [-0.3, -0.25) is 4.79 Å². The quantitative estimate of drug-likeness (QED) is 0.818. The van der Waals surface area contributed by atoms with Gasteiger partial charge in [-0.25, -0.2) is 8.78 Å². The maximum Gasteiger partial charge on any atom is 0.220 e. The maximum atomic E-state index is 13.6. The van der Waals surface area contributed by atoms with Crippen LogP contribution in [0.4, 0.5) is 8.78 Å². The number of benzene rings is 2. The van der Waals surface area contributed by atoms with Crippen molar-refractivity contribution in [3.05, 3.63) is 65.2 Å². The number of carbonyl (C=O) groups excluding carboxylic acids is 1. The summed E-state index contributed by atoms with van der Waals surface area (Å²) in [6.07, 6.45) is -0.366. The van der Waals surface area contributed by atoms with Crippen molar-refractivity contribution >= 4 is 5.91 Å². The van der Waals surface area contributed by atoms with Crippen LogP contribution in [0.25, 0.3) is 0 Å². The van der Waals surface area contributed by atoms with Gasteiger partial charge in [0.2, 0.25) is 5.91 Å². The van der Waals surface area contributed by atoms with Crippen molar-refractivity contribution in [2.75, 3.05) is 13.7 Å². The minimum atomic E-state index is -0.909. The average Bonchev–Trinajstić information content (AvgIpc) is 2.58. The average molecular weight is 335 g/mol. The van der Waals surface area contributed by atoms with E-state index in [0.29, 0.717) is 17.5 Å². The lowest BCUT2D eigenvalue weighted by Gasteiger charge is -2.12. The molecular formula is C18H19F2NO3. The summed E-state index contributed by atoms with van der Waals surface area (Å²) < 4.78 is 31.2. The van der Waals surface area contributed by atoms with Gasteiger partial charge in [-0.15, -0.1) is 0 Å². The van der Waals surface area contributed by atoms with Gasteiger partial charge in [0.05, 0.1) is 13.2 Å². The highest BCUT2D eigenvalue weighted by molar-refractivity contribution is 5.76. The summed E-state index contributed by atoms with van der Waals surface area (Å²) in [5, 5.41) is 12.5. The Morgan fingerprint density at radius 3 is 2.54 bits per heavy atom. The van der Waals surface area contributed by atoms with Crippen molar-refractivity contribution in [1.82, 2.24) is 5.32 Å². The summed E-state index contributed by atoms with van der Waals surface area (Å²) in [5.74, 6) is -0.957. The Kier molecular flexibility index (Phi) is 6.26. The lowest BCUT2D eigenvalue weighted by Crippen LogP contribution is -2.28. The molecule has 1 atom stereocenters. The number of amides is 1. The normalized spacial score (nSPS) is 11.8. The van der Waals surface area contributed by atoms with Crippen LogP contribution in [0.15, 0.2) is 42.5 Å². The highest BCUT2D eigenvalue weighted by Gasteiger charge is 2.10. The SMILES string of the molecule is COc1ccc(CCC(=O)NCC(O)c2ccc(F)cc2)cc1F. The van der Waals surface area contributed by atoms with Gasteiger partial charge < -0.3 is 15.2 Å². The number of rotatable bonds is 7. The van der Waals surface area contributed by atoms with E-state index in [9.17, 15) is 18.7 Å². The lowest BCUT2D eigenvalue weighted by molar-refractivity contribution is -0.121. The first-order chi connectivity index (χ1) is 11.5. The number of nitrogens with one attached hydrogen (secondary N) is 1. The van der Waals surface area contributed by atoms with Crippen LogP contribution in [0, 0.1) is 11.6 Å². The maximum absolute atomic E-state index is 13.6. The van der Waals surface area contributed by atoms with Gasteiger partial charge in [0.25, 0.3) is 0 Å². The fraction of sp³-hybridized carbons (Fsp3) is 0.278. The van der Waals surface area contributed by atoms with E-state index >= 15 is 0 Å². The molecule has 0 aliphatic rings. The molecule has 0 aliphatic heterocycles. The zero-order valence-electron chi connectivity index (χ0n) is 13.3. The molecule has 6 heteroatoms. The predicted octanol–water partition coefficient (Wildman–Crippen LogP) is 2.76. The molecule has 0 spiro atoms. The Labute approximate surface area is 139 Å². The number of aliphatic hydroxyl groups is 1. The highest BCUT2D eigenvalue weighted by Crippen LogP contribution is 2.18. The van der Waals surface area contributed by atoms with E-state index in [-0.39, 0.29) is 30.4 Å². The summed E-state index contributed by atoms with van der Waals surface area (Å²) in [5.41, 5.74) is 1.21. The fourth-order valence-electron chi connectivity index (χ4n) is 2.22. The third-order valence-electron chi connectivity index (χ3n) is 3.60. The number of carbonyl (C=O) groups is 1. The van der Waals surface area contributed by atoms with Crippen molar-refractivity contribution in [3.63, 3.8) is 0 Å². The van der Waals surface area contributed by atoms with E-state index in [4.69, 9.17) is 4.74 Å². The molecule has 2 aromatic rings. The van der Waals surface area contributed by atoms with E-state index in [1.807, 2.05) is 0 Å². The van der Waals surface area contributed by atoms with Gasteiger partial charge in [0.15, 0.2) is 11.6 Å². The van der Waals surface area contributed by atoms with Crippen LogP contribution >= 0.6 is 0 Å². The smallest absolute Gasteiger partial charge is 0.220 e. The second-order valence-electron chi connectivity index (χ2n) is 5.34. The molecule has 2 aromatic carbocycles. The predicted molar refractivity (Wildman–Crippen MR) is 85.6 cm³/mol. The van der Waals surface area contributed by atoms with E-state index in [1.165, 1.54) is 43.5 Å². The van der Waals surface area contributed by atoms with Crippen LogP contribution in [0.1, 0.15) is 23.7 Å². The van der Waals surface area contributed by atoms with Crippen molar-refractivity contribution in [2.24, 2.45) is 0 Å². The second kappa shape index (κ2) is 8.40. The van der Waals surface area contributed by atoms with Gasteiger partial charge in [-0.2, -0.15) is 0 Å². The summed E-state index contributed by atoms with van der Waals surface area (Å²) in [4.78, 5) is 11.8. The number of methoxy groups -OCH3 is 1. The molecule has 1 amide bonds. The number of aliphatic hydroxyl groups excluding tert-OH is 1.